The molecule has 3 nitrogen and oxygen atoms in total. The molecule has 0 bridgehead atoms. The molecule has 0 aromatic rings. The highest BCUT2D eigenvalue weighted by molar-refractivity contribution is 6.11. The smallest absolute Gasteiger partial charge is 0.139 e. The summed E-state index contributed by atoms with van der Waals surface area (Å²) >= 11 is 0. The van der Waals surface area contributed by atoms with Crippen LogP contribution in [0.2, 0.25) is 0 Å². The highest BCUT2D eigenvalue weighted by atomic mass is 16.5. The van der Waals surface area contributed by atoms with Crippen LogP contribution in [0.25, 0.3) is 0 Å². The Morgan fingerprint density at radius 1 is 1.80 bits per heavy atom. The van der Waals surface area contributed by atoms with E-state index in [-0.39, 0.29) is 18.7 Å². The van der Waals surface area contributed by atoms with Gasteiger partial charge in [0.15, 0.2) is 0 Å². The second-order valence-electron chi connectivity index (χ2n) is 2.80. The van der Waals surface area contributed by atoms with E-state index in [2.05, 4.69) is 5.32 Å². The van der Waals surface area contributed by atoms with Crippen molar-refractivity contribution in [3.8, 4) is 0 Å². The molecule has 0 radical (unpaired) electrons. The molecule has 1 aliphatic heterocycles. The van der Waals surface area contributed by atoms with Crippen molar-refractivity contribution in [2.24, 2.45) is 0 Å². The minimum atomic E-state index is -0.000000000000000222. The lowest BCUT2D eigenvalue weighted by Gasteiger charge is -2.14. The van der Waals surface area contributed by atoms with E-state index < -0.39 is 0 Å². The lowest BCUT2D eigenvalue weighted by atomic mass is 9.95. The lowest BCUT2D eigenvalue weighted by Crippen LogP contribution is -2.35. The molecule has 0 aromatic heterocycles. The van der Waals surface area contributed by atoms with Crippen LogP contribution in [0.15, 0.2) is 0 Å². The maximum absolute atomic E-state index is 8.82. The number of aliphatic hydroxyl groups excluding tert-OH is 1. The van der Waals surface area contributed by atoms with Crippen molar-refractivity contribution < 1.29 is 9.84 Å². The predicted octanol–water partition coefficient (Wildman–Crippen LogP) is -1.69. The molecule has 0 aromatic carbocycles. The highest BCUT2D eigenvalue weighted by Crippen LogP contribution is 2.17. The zero-order valence-corrected chi connectivity index (χ0v) is 6.50. The number of hydrogen-bond donors (Lipinski definition) is 2. The van der Waals surface area contributed by atoms with Gasteiger partial charge in [-0.15, -0.1) is 0 Å². The fourth-order valence-electron chi connectivity index (χ4n) is 1.43. The second-order valence-corrected chi connectivity index (χ2v) is 2.80. The zero-order chi connectivity index (χ0) is 7.56. The van der Waals surface area contributed by atoms with Gasteiger partial charge in [-0.1, -0.05) is 0 Å². The van der Waals surface area contributed by atoms with Gasteiger partial charge in [0.1, 0.15) is 7.85 Å². The third-order valence-corrected chi connectivity index (χ3v) is 1.99. The Labute approximate surface area is 62.2 Å². The number of aliphatic hydroxyl groups is 1. The average Bonchev–Trinajstić information content (AvgIpc) is 2.30. The molecule has 0 spiro atoms. The lowest BCUT2D eigenvalue weighted by molar-refractivity contribution is 0.0344. The molecule has 1 fully saturated rings. The third kappa shape index (κ3) is 1.51. The summed E-state index contributed by atoms with van der Waals surface area (Å²) in [5.74, 6) is 0. The summed E-state index contributed by atoms with van der Waals surface area (Å²) in [7, 11) is 3.93. The number of nitrogens with one attached hydrogen (secondary N) is 1. The molecule has 1 heterocycles. The maximum atomic E-state index is 8.82. The van der Waals surface area contributed by atoms with Crippen LogP contribution >= 0.6 is 0 Å². The van der Waals surface area contributed by atoms with Crippen LogP contribution in [0.3, 0.4) is 0 Å². The van der Waals surface area contributed by atoms with E-state index in [1.165, 1.54) is 0 Å². The first kappa shape index (κ1) is 8.05. The van der Waals surface area contributed by atoms with E-state index in [0.717, 1.165) is 6.42 Å². The fourth-order valence-corrected chi connectivity index (χ4v) is 1.43. The number of rotatable bonds is 2. The van der Waals surface area contributed by atoms with Crippen molar-refractivity contribution in [1.82, 2.24) is 5.32 Å². The largest absolute Gasteiger partial charge is 0.394 e. The third-order valence-electron chi connectivity index (χ3n) is 1.99. The Morgan fingerprint density at radius 2 is 2.50 bits per heavy atom. The van der Waals surface area contributed by atoms with Gasteiger partial charge < -0.3 is 15.2 Å². The van der Waals surface area contributed by atoms with Crippen LogP contribution in [-0.4, -0.2) is 44.8 Å². The summed E-state index contributed by atoms with van der Waals surface area (Å²) < 4.78 is 5.40. The molecule has 1 rings (SSSR count). The number of likely N-dealkylation sites (N-methyl/N-ethyl adjacent to an activating group) is 1. The van der Waals surface area contributed by atoms with Gasteiger partial charge in [-0.25, -0.2) is 0 Å². The molecule has 0 saturated carbocycles. The summed E-state index contributed by atoms with van der Waals surface area (Å²) in [5, 5.41) is 11.9. The molecule has 3 atom stereocenters. The molecule has 4 heteroatoms. The van der Waals surface area contributed by atoms with E-state index in [9.17, 15) is 0 Å². The Bertz CT molecular complexity index is 99.9. The number of ether oxygens (including phenoxy) is 1. The Hall–Kier alpha value is -0.0551. The number of hydrogen-bond acceptors (Lipinski definition) is 3. The van der Waals surface area contributed by atoms with Crippen molar-refractivity contribution in [3.63, 3.8) is 0 Å². The monoisotopic (exact) mass is 143 g/mol. The normalized spacial score (nSPS) is 40.4. The Morgan fingerprint density at radius 3 is 2.90 bits per heavy atom. The van der Waals surface area contributed by atoms with Crippen molar-refractivity contribution in [2.75, 3.05) is 13.7 Å². The minimum absolute atomic E-state index is 0.000000000000000222. The quantitative estimate of drug-likeness (QED) is 0.453. The molecule has 2 N–H and O–H groups in total. The SMILES string of the molecule is B[C@H]1C[C@H](NC)[C@@H](CO)O1. The zero-order valence-electron chi connectivity index (χ0n) is 6.50. The molecule has 58 valence electrons. The van der Waals surface area contributed by atoms with Gasteiger partial charge in [-0.3, -0.25) is 0 Å². The van der Waals surface area contributed by atoms with Gasteiger partial charge in [0.25, 0.3) is 0 Å². The van der Waals surface area contributed by atoms with Gasteiger partial charge in [0.05, 0.1) is 12.7 Å². The molecule has 0 aliphatic carbocycles. The van der Waals surface area contributed by atoms with Gasteiger partial charge in [-0.05, 0) is 13.5 Å². The first-order chi connectivity index (χ1) is 4.77. The van der Waals surface area contributed by atoms with E-state index in [1.54, 1.807) is 0 Å². The van der Waals surface area contributed by atoms with E-state index in [1.807, 2.05) is 14.9 Å². The van der Waals surface area contributed by atoms with Crippen LogP contribution in [0.5, 0.6) is 0 Å². The topological polar surface area (TPSA) is 41.5 Å². The van der Waals surface area contributed by atoms with Crippen LogP contribution in [0.4, 0.5) is 0 Å². The molecule has 1 aliphatic rings. The molecule has 1 saturated heterocycles. The Kier molecular flexibility index (Phi) is 2.71. The second kappa shape index (κ2) is 3.37. The molecule has 0 amide bonds. The molecule has 0 unspecified atom stereocenters. The molecular formula is C6H14BNO2. The maximum Gasteiger partial charge on any atom is 0.139 e. The van der Waals surface area contributed by atoms with E-state index in [4.69, 9.17) is 9.84 Å². The summed E-state index contributed by atoms with van der Waals surface area (Å²) in [4.78, 5) is 0. The standard InChI is InChI=1S/C6H14BNO2/c1-8-4-2-6(7)10-5(4)3-9/h4-6,8-9H,2-3,7H2,1H3/t4-,5+,6+/m0/s1. The van der Waals surface area contributed by atoms with Crippen molar-refractivity contribution in [1.29, 1.82) is 0 Å². The average molecular weight is 143 g/mol. The van der Waals surface area contributed by atoms with Gasteiger partial charge in [-0.2, -0.15) is 0 Å². The van der Waals surface area contributed by atoms with Crippen LogP contribution < -0.4 is 5.32 Å². The van der Waals surface area contributed by atoms with E-state index in [0.29, 0.717) is 6.04 Å². The van der Waals surface area contributed by atoms with Crippen molar-refractivity contribution in [3.05, 3.63) is 0 Å². The van der Waals surface area contributed by atoms with Crippen molar-refractivity contribution >= 4 is 7.85 Å². The summed E-state index contributed by atoms with van der Waals surface area (Å²) in [6.07, 6.45) is 1.00. The van der Waals surface area contributed by atoms with Gasteiger partial charge in [0.2, 0.25) is 0 Å². The molecular weight excluding hydrogens is 129 g/mol. The predicted molar refractivity (Wildman–Crippen MR) is 41.8 cm³/mol. The summed E-state index contributed by atoms with van der Waals surface area (Å²) in [5.41, 5.74) is 0. The Balaban J connectivity index is 2.41. The summed E-state index contributed by atoms with van der Waals surface area (Å²) in [6.45, 7) is 0.121. The van der Waals surface area contributed by atoms with Gasteiger partial charge in [0, 0.05) is 12.0 Å². The van der Waals surface area contributed by atoms with Gasteiger partial charge >= 0.3 is 0 Å². The first-order valence-electron chi connectivity index (χ1n) is 3.71. The van der Waals surface area contributed by atoms with E-state index >= 15 is 0 Å². The first-order valence-corrected chi connectivity index (χ1v) is 3.71. The highest BCUT2D eigenvalue weighted by Gasteiger charge is 2.30. The molecule has 10 heavy (non-hydrogen) atoms. The van der Waals surface area contributed by atoms with Crippen LogP contribution in [-0.2, 0) is 4.74 Å². The van der Waals surface area contributed by atoms with Crippen LogP contribution in [0, 0.1) is 0 Å². The fraction of sp³-hybridized carbons (Fsp3) is 1.00. The van der Waals surface area contributed by atoms with Crippen LogP contribution in [0.1, 0.15) is 6.42 Å². The van der Waals surface area contributed by atoms with Crippen molar-refractivity contribution in [2.45, 2.75) is 24.6 Å². The minimum Gasteiger partial charge on any atom is -0.394 e. The summed E-state index contributed by atoms with van der Waals surface area (Å²) in [6, 6.07) is 0.620.